The fourth-order valence-electron chi connectivity index (χ4n) is 5.71. The Morgan fingerprint density at radius 3 is 2.76 bits per heavy atom. The van der Waals surface area contributed by atoms with E-state index in [0.717, 1.165) is 79.2 Å². The average Bonchev–Trinajstić information content (AvgIpc) is 3.35. The van der Waals surface area contributed by atoms with Crippen molar-refractivity contribution < 1.29 is 14.6 Å². The minimum absolute atomic E-state index is 0.117. The molecule has 1 aromatic heterocycles. The number of carboxylic acid groups (broad SMARTS) is 1. The summed E-state index contributed by atoms with van der Waals surface area (Å²) >= 11 is 8.69. The maximum absolute atomic E-state index is 11.7. The van der Waals surface area contributed by atoms with Gasteiger partial charge in [-0.2, -0.15) is 11.8 Å². The van der Waals surface area contributed by atoms with Crippen molar-refractivity contribution >= 4 is 40.2 Å². The van der Waals surface area contributed by atoms with Gasteiger partial charge in [-0.15, -0.1) is 0 Å². The zero-order valence-electron chi connectivity index (χ0n) is 20.2. The average molecular weight is 505 g/mol. The first-order chi connectivity index (χ1) is 16.5. The molecule has 2 aromatic rings. The van der Waals surface area contributed by atoms with Crippen LogP contribution in [0.15, 0.2) is 24.4 Å². The molecule has 1 saturated heterocycles. The van der Waals surface area contributed by atoms with Gasteiger partial charge in [0.05, 0.1) is 24.1 Å². The summed E-state index contributed by atoms with van der Waals surface area (Å²) in [6.45, 7) is 3.15. The standard InChI is InChI=1S/C27H37ClN2O3S/c1-33-20-8-9-25-23(17-20)22(24(28)19-29-25)7-4-10-27(18-26(31)32)11-13-30(14-12-27)15-16-34-21-5-2-3-6-21/h8-9,17,19,21H,2-7,10-16,18H2,1H3,(H,31,32). The lowest BCUT2D eigenvalue weighted by Crippen LogP contribution is -2.42. The van der Waals surface area contributed by atoms with Crippen molar-refractivity contribution in [3.63, 3.8) is 0 Å². The molecule has 0 amide bonds. The molecule has 0 atom stereocenters. The number of aryl methyl sites for hydroxylation is 1. The number of rotatable bonds is 11. The maximum Gasteiger partial charge on any atom is 0.303 e. The number of carbonyl (C=O) groups is 1. The van der Waals surface area contributed by atoms with Gasteiger partial charge in [-0.25, -0.2) is 0 Å². The molecule has 1 aromatic carbocycles. The van der Waals surface area contributed by atoms with Crippen molar-refractivity contribution in [2.24, 2.45) is 5.41 Å². The number of piperidine rings is 1. The molecule has 1 saturated carbocycles. The molecule has 0 unspecified atom stereocenters. The van der Waals surface area contributed by atoms with E-state index in [9.17, 15) is 9.90 Å². The van der Waals surface area contributed by atoms with E-state index >= 15 is 0 Å². The number of carboxylic acids is 1. The van der Waals surface area contributed by atoms with Crippen molar-refractivity contribution in [1.82, 2.24) is 9.88 Å². The number of aromatic nitrogens is 1. The van der Waals surface area contributed by atoms with Crippen molar-refractivity contribution in [2.45, 2.75) is 69.5 Å². The number of hydrogen-bond donors (Lipinski definition) is 1. The molecule has 2 fully saturated rings. The normalized spacial score (nSPS) is 19.0. The Bertz CT molecular complexity index is 972. The summed E-state index contributed by atoms with van der Waals surface area (Å²) in [7, 11) is 1.66. The number of fused-ring (bicyclic) bond motifs is 1. The summed E-state index contributed by atoms with van der Waals surface area (Å²) in [6, 6.07) is 5.87. The second-order valence-corrected chi connectivity index (χ2v) is 11.8. The van der Waals surface area contributed by atoms with E-state index in [1.54, 1.807) is 13.3 Å². The number of pyridine rings is 1. The summed E-state index contributed by atoms with van der Waals surface area (Å²) in [5, 5.41) is 12.2. The van der Waals surface area contributed by atoms with Crippen LogP contribution in [-0.2, 0) is 11.2 Å². The van der Waals surface area contributed by atoms with Crippen LogP contribution in [0.3, 0.4) is 0 Å². The number of benzene rings is 1. The summed E-state index contributed by atoms with van der Waals surface area (Å²) < 4.78 is 5.40. The molecular formula is C27H37ClN2O3S. The second kappa shape index (κ2) is 12.0. The molecule has 0 bridgehead atoms. The number of aliphatic carboxylic acids is 1. The number of nitrogens with zero attached hydrogens (tertiary/aromatic N) is 2. The van der Waals surface area contributed by atoms with E-state index in [0.29, 0.717) is 5.02 Å². The van der Waals surface area contributed by atoms with E-state index in [1.807, 2.05) is 18.2 Å². The van der Waals surface area contributed by atoms with Crippen LogP contribution in [0.1, 0.15) is 63.4 Å². The number of halogens is 1. The largest absolute Gasteiger partial charge is 0.497 e. The second-order valence-electron chi connectivity index (χ2n) is 10.0. The molecular weight excluding hydrogens is 468 g/mol. The van der Waals surface area contributed by atoms with Gasteiger partial charge >= 0.3 is 5.97 Å². The van der Waals surface area contributed by atoms with Crippen LogP contribution < -0.4 is 4.74 Å². The molecule has 5 nitrogen and oxygen atoms in total. The van der Waals surface area contributed by atoms with Crippen LogP contribution in [0.4, 0.5) is 0 Å². The molecule has 7 heteroatoms. The lowest BCUT2D eigenvalue weighted by Gasteiger charge is -2.41. The fourth-order valence-corrected chi connectivity index (χ4v) is 7.32. The van der Waals surface area contributed by atoms with Crippen LogP contribution in [-0.4, -0.2) is 58.7 Å². The predicted octanol–water partition coefficient (Wildman–Crippen LogP) is 6.45. The van der Waals surface area contributed by atoms with Crippen LogP contribution in [0.25, 0.3) is 10.9 Å². The van der Waals surface area contributed by atoms with Crippen LogP contribution in [0, 0.1) is 5.41 Å². The van der Waals surface area contributed by atoms with E-state index in [4.69, 9.17) is 16.3 Å². The minimum atomic E-state index is -0.678. The lowest BCUT2D eigenvalue weighted by atomic mass is 9.72. The van der Waals surface area contributed by atoms with Gasteiger partial charge in [-0.3, -0.25) is 9.78 Å². The summed E-state index contributed by atoms with van der Waals surface area (Å²) in [4.78, 5) is 18.7. The molecule has 1 aliphatic heterocycles. The highest BCUT2D eigenvalue weighted by atomic mass is 35.5. The number of likely N-dealkylation sites (tertiary alicyclic amines) is 1. The predicted molar refractivity (Wildman–Crippen MR) is 141 cm³/mol. The SMILES string of the molecule is COc1ccc2ncc(Cl)c(CCCC3(CC(=O)O)CCN(CCSC4CCCC4)CC3)c2c1. The van der Waals surface area contributed by atoms with Gasteiger partial charge in [0.2, 0.25) is 0 Å². The molecule has 4 rings (SSSR count). The highest BCUT2D eigenvalue weighted by Crippen LogP contribution is 2.41. The van der Waals surface area contributed by atoms with Crippen LogP contribution in [0.2, 0.25) is 5.02 Å². The Hall–Kier alpha value is -1.50. The fraction of sp³-hybridized carbons (Fsp3) is 0.630. The molecule has 186 valence electrons. The minimum Gasteiger partial charge on any atom is -0.497 e. The molecule has 0 spiro atoms. The molecule has 2 aliphatic rings. The van der Waals surface area contributed by atoms with Gasteiger partial charge in [-0.1, -0.05) is 24.4 Å². The van der Waals surface area contributed by atoms with Crippen LogP contribution in [0.5, 0.6) is 5.75 Å². The molecule has 1 N–H and O–H groups in total. The van der Waals surface area contributed by atoms with Crippen molar-refractivity contribution in [3.8, 4) is 5.75 Å². The molecule has 2 heterocycles. The van der Waals surface area contributed by atoms with E-state index in [2.05, 4.69) is 21.6 Å². The third-order valence-electron chi connectivity index (χ3n) is 7.77. The van der Waals surface area contributed by atoms with Gasteiger partial charge in [0, 0.05) is 29.1 Å². The van der Waals surface area contributed by atoms with E-state index in [-0.39, 0.29) is 11.8 Å². The lowest BCUT2D eigenvalue weighted by molar-refractivity contribution is -0.140. The first kappa shape index (κ1) is 25.6. The highest BCUT2D eigenvalue weighted by molar-refractivity contribution is 7.99. The zero-order chi connectivity index (χ0) is 24.0. The Balaban J connectivity index is 1.34. The number of ether oxygens (including phenoxy) is 1. The van der Waals surface area contributed by atoms with Gasteiger partial charge in [0.25, 0.3) is 0 Å². The van der Waals surface area contributed by atoms with Crippen molar-refractivity contribution in [2.75, 3.05) is 32.5 Å². The van der Waals surface area contributed by atoms with Crippen LogP contribution >= 0.6 is 23.4 Å². The monoisotopic (exact) mass is 504 g/mol. The third-order valence-corrected chi connectivity index (χ3v) is 9.46. The quantitative estimate of drug-likeness (QED) is 0.379. The molecule has 1 aliphatic carbocycles. The van der Waals surface area contributed by atoms with Crippen molar-refractivity contribution in [3.05, 3.63) is 35.0 Å². The van der Waals surface area contributed by atoms with Gasteiger partial charge in [0.15, 0.2) is 0 Å². The summed E-state index contributed by atoms with van der Waals surface area (Å²) in [5.74, 6) is 1.31. The Morgan fingerprint density at radius 2 is 2.06 bits per heavy atom. The van der Waals surface area contributed by atoms with E-state index < -0.39 is 5.97 Å². The first-order valence-corrected chi connectivity index (χ1v) is 14.1. The summed E-state index contributed by atoms with van der Waals surface area (Å²) in [5.41, 5.74) is 1.87. The van der Waals surface area contributed by atoms with Gasteiger partial charge < -0.3 is 14.7 Å². The molecule has 34 heavy (non-hydrogen) atoms. The Kier molecular flexibility index (Phi) is 9.00. The smallest absolute Gasteiger partial charge is 0.303 e. The number of hydrogen-bond acceptors (Lipinski definition) is 5. The topological polar surface area (TPSA) is 62.7 Å². The number of thioether (sulfide) groups is 1. The maximum atomic E-state index is 11.7. The number of methoxy groups -OCH3 is 1. The third kappa shape index (κ3) is 6.58. The first-order valence-electron chi connectivity index (χ1n) is 12.6. The summed E-state index contributed by atoms with van der Waals surface area (Å²) in [6.07, 6.45) is 12.1. The van der Waals surface area contributed by atoms with Gasteiger partial charge in [-0.05, 0) is 87.2 Å². The van der Waals surface area contributed by atoms with E-state index in [1.165, 1.54) is 31.4 Å². The molecule has 0 radical (unpaired) electrons. The Labute approximate surface area is 212 Å². The zero-order valence-corrected chi connectivity index (χ0v) is 21.8. The highest BCUT2D eigenvalue weighted by Gasteiger charge is 2.36. The Morgan fingerprint density at radius 1 is 1.29 bits per heavy atom. The van der Waals surface area contributed by atoms with Gasteiger partial charge in [0.1, 0.15) is 5.75 Å². The van der Waals surface area contributed by atoms with Crippen molar-refractivity contribution in [1.29, 1.82) is 0 Å².